The first-order valence-electron chi connectivity index (χ1n) is 7.59. The maximum Gasteiger partial charge on any atom is 0.233 e. The van der Waals surface area contributed by atoms with E-state index in [1.54, 1.807) is 6.20 Å². The molecule has 1 aromatic heterocycles. The zero-order chi connectivity index (χ0) is 14.7. The Balaban J connectivity index is 1.91. The van der Waals surface area contributed by atoms with Crippen LogP contribution in [-0.2, 0) is 4.79 Å². The predicted octanol–water partition coefficient (Wildman–Crippen LogP) is 3.55. The van der Waals surface area contributed by atoms with E-state index in [1.165, 1.54) is 0 Å². The summed E-state index contributed by atoms with van der Waals surface area (Å²) in [6.07, 6.45) is 3.93. The number of β-lactam (4-membered cyclic amide) rings is 1. The fraction of sp³-hybridized carbons (Fsp3) is 0.333. The zero-order valence-electron chi connectivity index (χ0n) is 12.3. The molecule has 0 aliphatic carbocycles. The van der Waals surface area contributed by atoms with Crippen LogP contribution in [-0.4, -0.2) is 22.3 Å². The summed E-state index contributed by atoms with van der Waals surface area (Å²) >= 11 is 0. The predicted molar refractivity (Wildman–Crippen MR) is 82.8 cm³/mol. The van der Waals surface area contributed by atoms with Gasteiger partial charge in [0.1, 0.15) is 0 Å². The Labute approximate surface area is 125 Å². The third-order valence-corrected chi connectivity index (χ3v) is 4.10. The molecule has 1 amide bonds. The van der Waals surface area contributed by atoms with Gasteiger partial charge in [0.15, 0.2) is 0 Å². The first kappa shape index (κ1) is 13.8. The topological polar surface area (TPSA) is 33.2 Å². The maximum absolute atomic E-state index is 12.5. The first-order valence-corrected chi connectivity index (χ1v) is 7.59. The van der Waals surface area contributed by atoms with Crippen molar-refractivity contribution in [1.29, 1.82) is 0 Å². The van der Waals surface area contributed by atoms with Crippen molar-refractivity contribution in [2.45, 2.75) is 31.7 Å². The number of unbranched alkanes of at least 4 members (excludes halogenated alkanes) is 1. The van der Waals surface area contributed by atoms with E-state index in [4.69, 9.17) is 0 Å². The smallest absolute Gasteiger partial charge is 0.233 e. The molecule has 1 saturated heterocycles. The van der Waals surface area contributed by atoms with Crippen molar-refractivity contribution in [1.82, 2.24) is 9.88 Å². The average Bonchev–Trinajstić information content (AvgIpc) is 2.54. The third-order valence-electron chi connectivity index (χ3n) is 4.10. The number of amides is 1. The zero-order valence-corrected chi connectivity index (χ0v) is 12.3. The number of nitrogens with zero attached hydrogens (tertiary/aromatic N) is 2. The van der Waals surface area contributed by atoms with E-state index in [0.717, 1.165) is 30.6 Å². The molecular formula is C18H20N2O. The summed E-state index contributed by atoms with van der Waals surface area (Å²) in [7, 11) is 0. The molecule has 3 heteroatoms. The van der Waals surface area contributed by atoms with Gasteiger partial charge in [0, 0.05) is 12.7 Å². The molecule has 3 rings (SSSR count). The lowest BCUT2D eigenvalue weighted by atomic mass is 9.79. The van der Waals surface area contributed by atoms with E-state index in [9.17, 15) is 4.79 Å². The molecule has 0 saturated carbocycles. The number of benzene rings is 1. The molecule has 2 heterocycles. The minimum atomic E-state index is -0.0852. The van der Waals surface area contributed by atoms with Gasteiger partial charge in [0.25, 0.3) is 0 Å². The lowest BCUT2D eigenvalue weighted by molar-refractivity contribution is -0.150. The van der Waals surface area contributed by atoms with Crippen molar-refractivity contribution in [2.75, 3.05) is 6.54 Å². The van der Waals surface area contributed by atoms with E-state index in [0.29, 0.717) is 0 Å². The van der Waals surface area contributed by atoms with Gasteiger partial charge in [0.05, 0.1) is 17.7 Å². The Morgan fingerprint density at radius 3 is 2.52 bits per heavy atom. The molecule has 108 valence electrons. The van der Waals surface area contributed by atoms with Gasteiger partial charge in [-0.1, -0.05) is 49.7 Å². The second-order valence-corrected chi connectivity index (χ2v) is 5.47. The van der Waals surface area contributed by atoms with Crippen molar-refractivity contribution in [3.05, 3.63) is 66.0 Å². The first-order chi connectivity index (χ1) is 10.3. The molecule has 2 unspecified atom stereocenters. The van der Waals surface area contributed by atoms with E-state index in [2.05, 4.69) is 11.9 Å². The molecule has 21 heavy (non-hydrogen) atoms. The van der Waals surface area contributed by atoms with Crippen molar-refractivity contribution < 1.29 is 4.79 Å². The number of likely N-dealkylation sites (tertiary alicyclic amines) is 1. The third kappa shape index (κ3) is 2.56. The summed E-state index contributed by atoms with van der Waals surface area (Å²) in [5.74, 6) is 0.142. The van der Waals surface area contributed by atoms with Gasteiger partial charge >= 0.3 is 0 Å². The summed E-state index contributed by atoms with van der Waals surface area (Å²) in [6.45, 7) is 2.97. The van der Waals surface area contributed by atoms with Gasteiger partial charge in [0.2, 0.25) is 5.91 Å². The van der Waals surface area contributed by atoms with Gasteiger partial charge in [-0.05, 0) is 24.1 Å². The van der Waals surface area contributed by atoms with Crippen LogP contribution in [0, 0.1) is 0 Å². The maximum atomic E-state index is 12.5. The van der Waals surface area contributed by atoms with Crippen LogP contribution in [0.15, 0.2) is 54.7 Å². The summed E-state index contributed by atoms with van der Waals surface area (Å²) in [6, 6.07) is 16.0. The Bertz CT molecular complexity index is 597. The highest BCUT2D eigenvalue weighted by Gasteiger charge is 2.48. The molecule has 1 fully saturated rings. The van der Waals surface area contributed by atoms with Crippen LogP contribution >= 0.6 is 0 Å². The van der Waals surface area contributed by atoms with Crippen molar-refractivity contribution >= 4 is 5.91 Å². The minimum Gasteiger partial charge on any atom is -0.332 e. The van der Waals surface area contributed by atoms with E-state index >= 15 is 0 Å². The van der Waals surface area contributed by atoms with E-state index in [-0.39, 0.29) is 17.9 Å². The molecule has 0 spiro atoms. The minimum absolute atomic E-state index is 0.0765. The van der Waals surface area contributed by atoms with E-state index in [1.807, 2.05) is 53.4 Å². The quantitative estimate of drug-likeness (QED) is 0.785. The summed E-state index contributed by atoms with van der Waals surface area (Å²) in [4.78, 5) is 19.0. The number of pyridine rings is 1. The molecule has 1 aliphatic rings. The standard InChI is InChI=1S/C18H20N2O/c1-2-3-13-20-17(15-11-7-8-12-19-15)16(18(20)21)14-9-5-4-6-10-14/h4-12,16-17H,2-3,13H2,1H3. The molecule has 0 N–H and O–H groups in total. The molecular weight excluding hydrogens is 260 g/mol. The Morgan fingerprint density at radius 1 is 1.10 bits per heavy atom. The van der Waals surface area contributed by atoms with Crippen molar-refractivity contribution in [2.24, 2.45) is 0 Å². The van der Waals surface area contributed by atoms with Gasteiger partial charge in [-0.2, -0.15) is 0 Å². The van der Waals surface area contributed by atoms with Gasteiger partial charge in [-0.25, -0.2) is 0 Å². The normalized spacial score (nSPS) is 21.2. The van der Waals surface area contributed by atoms with Crippen molar-refractivity contribution in [3.8, 4) is 0 Å². The fourth-order valence-electron chi connectivity index (χ4n) is 2.99. The monoisotopic (exact) mass is 280 g/mol. The Hall–Kier alpha value is -2.16. The number of carbonyl (C=O) groups excluding carboxylic acids is 1. The SMILES string of the molecule is CCCCN1C(=O)C(c2ccccc2)C1c1ccccn1. The van der Waals surface area contributed by atoms with Crippen LogP contribution in [0.25, 0.3) is 0 Å². The van der Waals surface area contributed by atoms with Gasteiger partial charge in [-0.15, -0.1) is 0 Å². The van der Waals surface area contributed by atoms with Crippen LogP contribution in [0.1, 0.15) is 43.0 Å². The molecule has 0 radical (unpaired) electrons. The van der Waals surface area contributed by atoms with Crippen molar-refractivity contribution in [3.63, 3.8) is 0 Å². The molecule has 2 atom stereocenters. The van der Waals surface area contributed by atoms with Crippen LogP contribution in [0.2, 0.25) is 0 Å². The molecule has 0 bridgehead atoms. The van der Waals surface area contributed by atoms with Crippen LogP contribution in [0.4, 0.5) is 0 Å². The highest BCUT2D eigenvalue weighted by molar-refractivity contribution is 5.91. The van der Waals surface area contributed by atoms with Crippen LogP contribution in [0.3, 0.4) is 0 Å². The second-order valence-electron chi connectivity index (χ2n) is 5.47. The number of hydrogen-bond donors (Lipinski definition) is 0. The summed E-state index contributed by atoms with van der Waals surface area (Å²) in [5.41, 5.74) is 2.08. The Kier molecular flexibility index (Phi) is 4.00. The molecule has 2 aromatic rings. The molecule has 3 nitrogen and oxygen atoms in total. The number of aromatic nitrogens is 1. The molecule has 1 aliphatic heterocycles. The Morgan fingerprint density at radius 2 is 1.86 bits per heavy atom. The number of carbonyl (C=O) groups is 1. The van der Waals surface area contributed by atoms with Crippen LogP contribution in [0.5, 0.6) is 0 Å². The fourth-order valence-corrected chi connectivity index (χ4v) is 2.99. The summed E-state index contributed by atoms with van der Waals surface area (Å²) in [5, 5.41) is 0. The number of hydrogen-bond acceptors (Lipinski definition) is 2. The second kappa shape index (κ2) is 6.08. The summed E-state index contributed by atoms with van der Waals surface area (Å²) < 4.78 is 0. The lowest BCUT2D eigenvalue weighted by Gasteiger charge is -2.47. The van der Waals surface area contributed by atoms with Crippen LogP contribution < -0.4 is 0 Å². The highest BCUT2D eigenvalue weighted by atomic mass is 16.2. The van der Waals surface area contributed by atoms with E-state index < -0.39 is 0 Å². The number of rotatable bonds is 5. The molecule has 1 aromatic carbocycles. The average molecular weight is 280 g/mol. The lowest BCUT2D eigenvalue weighted by Crippen LogP contribution is -2.53. The largest absolute Gasteiger partial charge is 0.332 e. The highest BCUT2D eigenvalue weighted by Crippen LogP contribution is 2.45. The van der Waals surface area contributed by atoms with Gasteiger partial charge < -0.3 is 4.90 Å². The van der Waals surface area contributed by atoms with Gasteiger partial charge in [-0.3, -0.25) is 9.78 Å².